The van der Waals surface area contributed by atoms with Crippen molar-refractivity contribution in [3.8, 4) is 0 Å². The summed E-state index contributed by atoms with van der Waals surface area (Å²) in [5.41, 5.74) is 2.27. The molecular weight excluding hydrogens is 254 g/mol. The highest BCUT2D eigenvalue weighted by Gasteiger charge is 2.04. The molecule has 0 aliphatic rings. The van der Waals surface area contributed by atoms with Crippen LogP contribution in [0.5, 0.6) is 0 Å². The molecule has 0 aliphatic carbocycles. The maximum absolute atomic E-state index is 9.71. The van der Waals surface area contributed by atoms with E-state index >= 15 is 0 Å². The third-order valence-corrected chi connectivity index (χ3v) is 3.16. The summed E-state index contributed by atoms with van der Waals surface area (Å²) in [6, 6.07) is 2.09. The number of aliphatic hydroxyl groups is 1. The molecule has 0 aliphatic heterocycles. The number of aryl methyl sites for hydroxylation is 3. The minimum Gasteiger partial charge on any atom is -0.389 e. The molecule has 0 saturated carbocycles. The molecule has 0 amide bonds. The van der Waals surface area contributed by atoms with E-state index in [0.29, 0.717) is 13.2 Å². The summed E-state index contributed by atoms with van der Waals surface area (Å²) in [7, 11) is 0. The van der Waals surface area contributed by atoms with Crippen LogP contribution in [0.1, 0.15) is 37.6 Å². The Morgan fingerprint density at radius 2 is 2.20 bits per heavy atom. The predicted octanol–water partition coefficient (Wildman–Crippen LogP) is 1.66. The lowest BCUT2D eigenvalue weighted by Gasteiger charge is -2.12. The van der Waals surface area contributed by atoms with Gasteiger partial charge < -0.3 is 15.2 Å². The van der Waals surface area contributed by atoms with Crippen LogP contribution in [0.25, 0.3) is 0 Å². The quantitative estimate of drug-likeness (QED) is 0.606. The number of nitrogens with zero attached hydrogens (tertiary/aromatic N) is 2. The van der Waals surface area contributed by atoms with Gasteiger partial charge in [0.1, 0.15) is 0 Å². The van der Waals surface area contributed by atoms with E-state index in [1.807, 2.05) is 11.6 Å². The van der Waals surface area contributed by atoms with E-state index in [2.05, 4.69) is 30.3 Å². The summed E-state index contributed by atoms with van der Waals surface area (Å²) >= 11 is 0. The zero-order chi connectivity index (χ0) is 14.8. The molecular formula is C15H29N3O2. The van der Waals surface area contributed by atoms with Crippen LogP contribution < -0.4 is 5.32 Å². The Hall–Kier alpha value is -0.910. The highest BCUT2D eigenvalue weighted by atomic mass is 16.5. The van der Waals surface area contributed by atoms with Crippen LogP contribution in [0.15, 0.2) is 6.07 Å². The number of aromatic nitrogens is 2. The number of unbranched alkanes of at least 4 members (excludes halogenated alkanes) is 1. The van der Waals surface area contributed by atoms with Gasteiger partial charge in [-0.1, -0.05) is 13.3 Å². The summed E-state index contributed by atoms with van der Waals surface area (Å²) in [5.74, 6) is 0. The molecule has 2 N–H and O–H groups in total. The van der Waals surface area contributed by atoms with Crippen LogP contribution in [0.2, 0.25) is 0 Å². The van der Waals surface area contributed by atoms with Gasteiger partial charge in [-0.2, -0.15) is 5.10 Å². The molecule has 5 nitrogen and oxygen atoms in total. The summed E-state index contributed by atoms with van der Waals surface area (Å²) in [5, 5.41) is 17.4. The SMILES string of the molecule is CCCCOCC(O)CNCCCn1nc(C)cc1C. The Kier molecular flexibility index (Phi) is 8.49. The van der Waals surface area contributed by atoms with E-state index in [9.17, 15) is 5.11 Å². The van der Waals surface area contributed by atoms with Gasteiger partial charge >= 0.3 is 0 Å². The molecule has 1 aromatic heterocycles. The van der Waals surface area contributed by atoms with E-state index in [-0.39, 0.29) is 0 Å². The Bertz CT molecular complexity index is 366. The van der Waals surface area contributed by atoms with Gasteiger partial charge in [-0.25, -0.2) is 0 Å². The van der Waals surface area contributed by atoms with E-state index in [1.54, 1.807) is 0 Å². The van der Waals surface area contributed by atoms with Crippen molar-refractivity contribution in [2.75, 3.05) is 26.3 Å². The minimum atomic E-state index is -0.416. The molecule has 1 aromatic rings. The average molecular weight is 283 g/mol. The third-order valence-electron chi connectivity index (χ3n) is 3.16. The van der Waals surface area contributed by atoms with Crippen molar-refractivity contribution in [2.24, 2.45) is 0 Å². The van der Waals surface area contributed by atoms with Crippen molar-refractivity contribution in [3.63, 3.8) is 0 Å². The molecule has 1 heterocycles. The van der Waals surface area contributed by atoms with Crippen molar-refractivity contribution in [2.45, 2.75) is 52.7 Å². The van der Waals surface area contributed by atoms with Crippen LogP contribution >= 0.6 is 0 Å². The number of hydrogen-bond donors (Lipinski definition) is 2. The lowest BCUT2D eigenvalue weighted by atomic mass is 10.3. The molecule has 0 saturated heterocycles. The summed E-state index contributed by atoms with van der Waals surface area (Å²) in [6.07, 6.45) is 2.77. The maximum Gasteiger partial charge on any atom is 0.0897 e. The first-order chi connectivity index (χ1) is 9.63. The Balaban J connectivity index is 2.00. The molecule has 0 spiro atoms. The van der Waals surface area contributed by atoms with Gasteiger partial charge in [0.05, 0.1) is 18.4 Å². The largest absolute Gasteiger partial charge is 0.389 e. The van der Waals surface area contributed by atoms with Gasteiger partial charge in [-0.3, -0.25) is 4.68 Å². The van der Waals surface area contributed by atoms with Crippen molar-refractivity contribution >= 4 is 0 Å². The van der Waals surface area contributed by atoms with Gasteiger partial charge in [-0.15, -0.1) is 0 Å². The van der Waals surface area contributed by atoms with Crippen molar-refractivity contribution < 1.29 is 9.84 Å². The van der Waals surface area contributed by atoms with Gasteiger partial charge in [0.15, 0.2) is 0 Å². The third kappa shape index (κ3) is 7.03. The van der Waals surface area contributed by atoms with Gasteiger partial charge in [0.2, 0.25) is 0 Å². The fraction of sp³-hybridized carbons (Fsp3) is 0.800. The zero-order valence-corrected chi connectivity index (χ0v) is 13.1. The van der Waals surface area contributed by atoms with Gasteiger partial charge in [0.25, 0.3) is 0 Å². The van der Waals surface area contributed by atoms with E-state index in [0.717, 1.165) is 44.7 Å². The smallest absolute Gasteiger partial charge is 0.0897 e. The topological polar surface area (TPSA) is 59.3 Å². The second-order valence-corrected chi connectivity index (χ2v) is 5.29. The number of nitrogens with one attached hydrogen (secondary N) is 1. The first kappa shape index (κ1) is 17.1. The fourth-order valence-corrected chi connectivity index (χ4v) is 2.05. The first-order valence-corrected chi connectivity index (χ1v) is 7.61. The van der Waals surface area contributed by atoms with Gasteiger partial charge in [0, 0.05) is 25.4 Å². The molecule has 116 valence electrons. The molecule has 0 radical (unpaired) electrons. The summed E-state index contributed by atoms with van der Waals surface area (Å²) in [6.45, 7) is 9.75. The van der Waals surface area contributed by atoms with Crippen LogP contribution in [0.3, 0.4) is 0 Å². The van der Waals surface area contributed by atoms with Crippen LogP contribution in [0.4, 0.5) is 0 Å². The van der Waals surface area contributed by atoms with Crippen LogP contribution in [0, 0.1) is 13.8 Å². The second-order valence-electron chi connectivity index (χ2n) is 5.29. The van der Waals surface area contributed by atoms with Gasteiger partial charge in [-0.05, 0) is 39.3 Å². The van der Waals surface area contributed by atoms with E-state index in [4.69, 9.17) is 4.74 Å². The van der Waals surface area contributed by atoms with E-state index in [1.165, 1.54) is 5.69 Å². The number of hydrogen-bond acceptors (Lipinski definition) is 4. The average Bonchev–Trinajstić information content (AvgIpc) is 2.73. The van der Waals surface area contributed by atoms with E-state index < -0.39 is 6.10 Å². The predicted molar refractivity (Wildman–Crippen MR) is 80.9 cm³/mol. The number of aliphatic hydroxyl groups excluding tert-OH is 1. The molecule has 1 unspecified atom stereocenters. The number of ether oxygens (including phenoxy) is 1. The molecule has 0 bridgehead atoms. The molecule has 5 heteroatoms. The highest BCUT2D eigenvalue weighted by Crippen LogP contribution is 2.02. The number of rotatable bonds is 11. The lowest BCUT2D eigenvalue weighted by Crippen LogP contribution is -2.31. The highest BCUT2D eigenvalue weighted by molar-refractivity contribution is 5.06. The second kappa shape index (κ2) is 9.91. The Morgan fingerprint density at radius 1 is 1.40 bits per heavy atom. The first-order valence-electron chi connectivity index (χ1n) is 7.61. The molecule has 0 aromatic carbocycles. The fourth-order valence-electron chi connectivity index (χ4n) is 2.05. The Labute approximate surface area is 122 Å². The standard InChI is InChI=1S/C15H29N3O2/c1-4-5-9-20-12-15(19)11-16-7-6-8-18-14(3)10-13(2)17-18/h10,15-16,19H,4-9,11-12H2,1-3H3. The van der Waals surface area contributed by atoms with Crippen molar-refractivity contribution in [1.82, 2.24) is 15.1 Å². The van der Waals surface area contributed by atoms with Crippen LogP contribution in [-0.4, -0.2) is 47.3 Å². The lowest BCUT2D eigenvalue weighted by molar-refractivity contribution is 0.0359. The maximum atomic E-state index is 9.71. The van der Waals surface area contributed by atoms with Crippen molar-refractivity contribution in [1.29, 1.82) is 0 Å². The summed E-state index contributed by atoms with van der Waals surface area (Å²) in [4.78, 5) is 0. The monoisotopic (exact) mass is 283 g/mol. The molecule has 1 atom stereocenters. The minimum absolute atomic E-state index is 0.416. The zero-order valence-electron chi connectivity index (χ0n) is 13.1. The normalized spacial score (nSPS) is 12.8. The summed E-state index contributed by atoms with van der Waals surface area (Å²) < 4.78 is 7.41. The van der Waals surface area contributed by atoms with Crippen molar-refractivity contribution in [3.05, 3.63) is 17.5 Å². The molecule has 0 fully saturated rings. The molecule has 20 heavy (non-hydrogen) atoms. The van der Waals surface area contributed by atoms with Crippen LogP contribution in [-0.2, 0) is 11.3 Å². The molecule has 1 rings (SSSR count). The Morgan fingerprint density at radius 3 is 2.85 bits per heavy atom.